The van der Waals surface area contributed by atoms with Gasteiger partial charge in [-0.1, -0.05) is 19.0 Å². The lowest BCUT2D eigenvalue weighted by Gasteiger charge is -2.16. The molecule has 3 rings (SSSR count). The molecule has 19 heavy (non-hydrogen) atoms. The maximum absolute atomic E-state index is 12.1. The molecule has 1 aromatic rings. The summed E-state index contributed by atoms with van der Waals surface area (Å²) in [6.07, 6.45) is 3.39. The van der Waals surface area contributed by atoms with Gasteiger partial charge in [0.1, 0.15) is 5.76 Å². The fourth-order valence-corrected chi connectivity index (χ4v) is 2.76. The van der Waals surface area contributed by atoms with Crippen LogP contribution in [0.2, 0.25) is 0 Å². The minimum Gasteiger partial charge on any atom is -0.361 e. The zero-order chi connectivity index (χ0) is 13.4. The summed E-state index contributed by atoms with van der Waals surface area (Å²) in [6.45, 7) is 6.24. The first kappa shape index (κ1) is 12.7. The van der Waals surface area contributed by atoms with Crippen LogP contribution < -0.4 is 5.32 Å². The van der Waals surface area contributed by atoms with E-state index in [1.807, 2.05) is 6.92 Å². The van der Waals surface area contributed by atoms with Crippen LogP contribution in [0.4, 0.5) is 0 Å². The molecule has 2 atom stereocenters. The minimum atomic E-state index is -0.113. The van der Waals surface area contributed by atoms with Gasteiger partial charge in [-0.25, -0.2) is 0 Å². The Balaban J connectivity index is 1.59. The maximum atomic E-state index is 12.1. The van der Waals surface area contributed by atoms with E-state index in [-0.39, 0.29) is 11.9 Å². The second-order valence-corrected chi connectivity index (χ2v) is 5.77. The lowest BCUT2D eigenvalue weighted by molar-refractivity contribution is 0.0922. The smallest absolute Gasteiger partial charge is 0.273 e. The first-order chi connectivity index (χ1) is 9.17. The number of rotatable bonds is 4. The Morgan fingerprint density at radius 1 is 1.53 bits per heavy atom. The van der Waals surface area contributed by atoms with E-state index in [9.17, 15) is 4.79 Å². The van der Waals surface area contributed by atoms with Gasteiger partial charge in [0, 0.05) is 37.7 Å². The quantitative estimate of drug-likeness (QED) is 0.893. The average molecular weight is 263 g/mol. The van der Waals surface area contributed by atoms with Gasteiger partial charge in [0.25, 0.3) is 5.91 Å². The largest absolute Gasteiger partial charge is 0.361 e. The molecule has 0 spiro atoms. The molecule has 1 N–H and O–H groups in total. The Bertz CT molecular complexity index is 467. The van der Waals surface area contributed by atoms with Gasteiger partial charge in [0.2, 0.25) is 0 Å². The summed E-state index contributed by atoms with van der Waals surface area (Å²) in [5, 5.41) is 6.91. The highest BCUT2D eigenvalue weighted by atomic mass is 16.5. The van der Waals surface area contributed by atoms with E-state index in [1.54, 1.807) is 6.07 Å². The Morgan fingerprint density at radius 3 is 2.95 bits per heavy atom. The Hall–Kier alpha value is -1.36. The number of aromatic nitrogens is 1. The molecular formula is C14H21N3O2. The van der Waals surface area contributed by atoms with Gasteiger partial charge in [-0.3, -0.25) is 9.69 Å². The molecule has 1 aliphatic heterocycles. The maximum Gasteiger partial charge on any atom is 0.273 e. The van der Waals surface area contributed by atoms with Crippen LogP contribution in [0.25, 0.3) is 0 Å². The molecule has 1 saturated heterocycles. The lowest BCUT2D eigenvalue weighted by atomic mass is 10.1. The molecule has 0 aromatic carbocycles. The number of aryl methyl sites for hydroxylation is 1. The molecule has 1 saturated carbocycles. The van der Waals surface area contributed by atoms with Gasteiger partial charge < -0.3 is 9.84 Å². The summed E-state index contributed by atoms with van der Waals surface area (Å²) in [5.74, 6) is 1.14. The van der Waals surface area contributed by atoms with E-state index in [0.29, 0.717) is 11.6 Å². The van der Waals surface area contributed by atoms with E-state index >= 15 is 0 Å². The van der Waals surface area contributed by atoms with Crippen LogP contribution in [0.15, 0.2) is 10.6 Å². The Labute approximate surface area is 113 Å². The molecule has 5 nitrogen and oxygen atoms in total. The summed E-state index contributed by atoms with van der Waals surface area (Å²) in [6, 6.07) is 2.73. The van der Waals surface area contributed by atoms with Gasteiger partial charge in [-0.05, 0) is 18.8 Å². The molecule has 1 aliphatic carbocycles. The van der Waals surface area contributed by atoms with Gasteiger partial charge >= 0.3 is 0 Å². The molecular weight excluding hydrogens is 242 g/mol. The van der Waals surface area contributed by atoms with Crippen LogP contribution in [-0.2, 0) is 6.42 Å². The Morgan fingerprint density at radius 2 is 2.32 bits per heavy atom. The van der Waals surface area contributed by atoms with E-state index < -0.39 is 0 Å². The first-order valence-electron chi connectivity index (χ1n) is 7.18. The van der Waals surface area contributed by atoms with Gasteiger partial charge in [-0.2, -0.15) is 0 Å². The van der Waals surface area contributed by atoms with Crippen molar-refractivity contribution in [1.82, 2.24) is 15.4 Å². The highest BCUT2D eigenvalue weighted by molar-refractivity contribution is 5.92. The fraction of sp³-hybridized carbons (Fsp3) is 0.714. The van der Waals surface area contributed by atoms with E-state index in [0.717, 1.165) is 31.3 Å². The average Bonchev–Trinajstić information content (AvgIpc) is 3.02. The van der Waals surface area contributed by atoms with Crippen molar-refractivity contribution in [2.24, 2.45) is 5.92 Å². The molecule has 1 aromatic heterocycles. The molecule has 5 heteroatoms. The van der Waals surface area contributed by atoms with Crippen LogP contribution in [0.1, 0.15) is 42.9 Å². The molecule has 104 valence electrons. The number of nitrogens with zero attached hydrogens (tertiary/aromatic N) is 2. The van der Waals surface area contributed by atoms with Crippen molar-refractivity contribution in [3.8, 4) is 0 Å². The van der Waals surface area contributed by atoms with E-state index in [2.05, 4.69) is 22.3 Å². The molecule has 0 radical (unpaired) electrons. The second-order valence-electron chi connectivity index (χ2n) is 5.77. The monoisotopic (exact) mass is 263 g/mol. The van der Waals surface area contributed by atoms with E-state index in [1.165, 1.54) is 12.8 Å². The summed E-state index contributed by atoms with van der Waals surface area (Å²) in [5.41, 5.74) is 0.397. The van der Waals surface area contributed by atoms with Crippen molar-refractivity contribution in [3.05, 3.63) is 17.5 Å². The van der Waals surface area contributed by atoms with Gasteiger partial charge in [0.15, 0.2) is 5.69 Å². The van der Waals surface area contributed by atoms with Crippen LogP contribution in [0.3, 0.4) is 0 Å². The molecule has 2 fully saturated rings. The van der Waals surface area contributed by atoms with Crippen molar-refractivity contribution < 1.29 is 9.32 Å². The number of carbonyl (C=O) groups is 1. The van der Waals surface area contributed by atoms with Gasteiger partial charge in [-0.15, -0.1) is 0 Å². The van der Waals surface area contributed by atoms with Crippen LogP contribution in [0.5, 0.6) is 0 Å². The highest BCUT2D eigenvalue weighted by Gasteiger charge is 2.38. The van der Waals surface area contributed by atoms with Crippen LogP contribution in [0, 0.1) is 5.92 Å². The molecule has 0 unspecified atom stereocenters. The fourth-order valence-electron chi connectivity index (χ4n) is 2.76. The summed E-state index contributed by atoms with van der Waals surface area (Å²) in [4.78, 5) is 14.6. The molecule has 2 heterocycles. The van der Waals surface area contributed by atoms with Crippen molar-refractivity contribution >= 4 is 5.91 Å². The number of amides is 1. The number of hydrogen-bond acceptors (Lipinski definition) is 4. The molecule has 0 bridgehead atoms. The van der Waals surface area contributed by atoms with E-state index in [4.69, 9.17) is 4.52 Å². The first-order valence-corrected chi connectivity index (χ1v) is 7.18. The zero-order valence-electron chi connectivity index (χ0n) is 11.6. The topological polar surface area (TPSA) is 58.4 Å². The van der Waals surface area contributed by atoms with Crippen LogP contribution in [-0.4, -0.2) is 41.1 Å². The summed E-state index contributed by atoms with van der Waals surface area (Å²) >= 11 is 0. The lowest BCUT2D eigenvalue weighted by Crippen LogP contribution is -2.40. The molecule has 2 aliphatic rings. The van der Waals surface area contributed by atoms with Crippen molar-refractivity contribution in [2.45, 2.75) is 45.2 Å². The minimum absolute atomic E-state index is 0.113. The van der Waals surface area contributed by atoms with Gasteiger partial charge in [0.05, 0.1) is 0 Å². The third-order valence-electron chi connectivity index (χ3n) is 4.16. The standard InChI is InChI=1S/C14H21N3O2/c1-3-11-6-12(16-19-11)14(18)15-13-8-17(7-9(13)2)10-4-5-10/h6,9-10,13H,3-5,7-8H2,1-2H3,(H,15,18)/t9-,13+/m0/s1. The SMILES string of the molecule is CCc1cc(C(=O)N[C@@H]2CN(C3CC3)C[C@@H]2C)no1. The number of nitrogens with one attached hydrogen (secondary N) is 1. The highest BCUT2D eigenvalue weighted by Crippen LogP contribution is 2.31. The summed E-state index contributed by atoms with van der Waals surface area (Å²) in [7, 11) is 0. The predicted molar refractivity (Wildman–Crippen MR) is 70.9 cm³/mol. The third kappa shape index (κ3) is 2.66. The number of hydrogen-bond donors (Lipinski definition) is 1. The second kappa shape index (κ2) is 4.96. The predicted octanol–water partition coefficient (Wildman–Crippen LogP) is 1.45. The van der Waals surface area contributed by atoms with Crippen molar-refractivity contribution in [1.29, 1.82) is 0 Å². The third-order valence-corrected chi connectivity index (χ3v) is 4.16. The normalized spacial score (nSPS) is 27.7. The van der Waals surface area contributed by atoms with Crippen molar-refractivity contribution in [2.75, 3.05) is 13.1 Å². The number of carbonyl (C=O) groups excluding carboxylic acids is 1. The number of likely N-dealkylation sites (tertiary alicyclic amines) is 1. The zero-order valence-corrected chi connectivity index (χ0v) is 11.6. The molecule has 1 amide bonds. The van der Waals surface area contributed by atoms with Crippen LogP contribution >= 0.6 is 0 Å². The summed E-state index contributed by atoms with van der Waals surface area (Å²) < 4.78 is 5.07. The van der Waals surface area contributed by atoms with Crippen molar-refractivity contribution in [3.63, 3.8) is 0 Å². The Kier molecular flexibility index (Phi) is 3.31.